The Balaban J connectivity index is 2.11. The van der Waals surface area contributed by atoms with Crippen LogP contribution in [-0.4, -0.2) is 14.2 Å². The normalized spacial score (nSPS) is 12.0. The van der Waals surface area contributed by atoms with Crippen molar-refractivity contribution in [3.8, 4) is 11.5 Å². The first-order valence-corrected chi connectivity index (χ1v) is 8.11. The molecule has 3 nitrogen and oxygen atoms in total. The summed E-state index contributed by atoms with van der Waals surface area (Å²) in [6, 6.07) is 12.0. The van der Waals surface area contributed by atoms with Crippen LogP contribution in [-0.2, 0) is 6.54 Å². The van der Waals surface area contributed by atoms with E-state index < -0.39 is 0 Å². The van der Waals surface area contributed by atoms with Gasteiger partial charge in [0.15, 0.2) is 11.5 Å². The number of hydrogen-bond acceptors (Lipinski definition) is 3. The predicted molar refractivity (Wildman–Crippen MR) is 94.0 cm³/mol. The van der Waals surface area contributed by atoms with Crippen LogP contribution in [0, 0.1) is 0 Å². The summed E-state index contributed by atoms with van der Waals surface area (Å²) in [5.74, 6) is 1.43. The third kappa shape index (κ3) is 4.15. The third-order valence-corrected chi connectivity index (χ3v) is 4.47. The molecule has 1 unspecified atom stereocenters. The number of methoxy groups -OCH3 is 2. The molecule has 0 bridgehead atoms. The van der Waals surface area contributed by atoms with E-state index in [1.54, 1.807) is 14.2 Å². The summed E-state index contributed by atoms with van der Waals surface area (Å²) in [7, 11) is 3.26. The van der Waals surface area contributed by atoms with Crippen LogP contribution in [0.2, 0.25) is 5.02 Å². The van der Waals surface area contributed by atoms with Crippen LogP contribution >= 0.6 is 27.5 Å². The Morgan fingerprint density at radius 2 is 1.82 bits per heavy atom. The van der Waals surface area contributed by atoms with E-state index in [9.17, 15) is 0 Å². The van der Waals surface area contributed by atoms with E-state index in [1.165, 1.54) is 0 Å². The van der Waals surface area contributed by atoms with Crippen molar-refractivity contribution in [1.82, 2.24) is 5.32 Å². The van der Waals surface area contributed by atoms with Gasteiger partial charge in [-0.3, -0.25) is 0 Å². The fourth-order valence-corrected chi connectivity index (χ4v) is 2.85. The monoisotopic (exact) mass is 383 g/mol. The fourth-order valence-electron chi connectivity index (χ4n) is 2.19. The highest BCUT2D eigenvalue weighted by molar-refractivity contribution is 9.10. The van der Waals surface area contributed by atoms with Gasteiger partial charge in [-0.1, -0.05) is 39.7 Å². The topological polar surface area (TPSA) is 30.5 Å². The largest absolute Gasteiger partial charge is 0.493 e. The Bertz CT molecular complexity index is 649. The third-order valence-electron chi connectivity index (χ3n) is 3.50. The van der Waals surface area contributed by atoms with E-state index in [-0.39, 0.29) is 6.04 Å². The van der Waals surface area contributed by atoms with Crippen molar-refractivity contribution in [2.45, 2.75) is 19.5 Å². The zero-order chi connectivity index (χ0) is 16.1. The smallest absolute Gasteiger partial charge is 0.161 e. The summed E-state index contributed by atoms with van der Waals surface area (Å²) < 4.78 is 11.6. The lowest BCUT2D eigenvalue weighted by molar-refractivity contribution is 0.354. The van der Waals surface area contributed by atoms with Crippen LogP contribution in [0.1, 0.15) is 24.1 Å². The lowest BCUT2D eigenvalue weighted by Gasteiger charge is -2.17. The van der Waals surface area contributed by atoms with Gasteiger partial charge in [0, 0.05) is 22.1 Å². The molecule has 5 heteroatoms. The Morgan fingerprint density at radius 1 is 1.14 bits per heavy atom. The molecule has 0 aromatic heterocycles. The molecule has 0 spiro atoms. The molecule has 1 N–H and O–H groups in total. The van der Waals surface area contributed by atoms with Crippen molar-refractivity contribution >= 4 is 27.5 Å². The molecule has 0 aliphatic heterocycles. The van der Waals surface area contributed by atoms with E-state index >= 15 is 0 Å². The van der Waals surface area contributed by atoms with Gasteiger partial charge in [-0.25, -0.2) is 0 Å². The first-order chi connectivity index (χ1) is 10.5. The second-order valence-corrected chi connectivity index (χ2v) is 6.25. The lowest BCUT2D eigenvalue weighted by atomic mass is 10.1. The average molecular weight is 385 g/mol. The second-order valence-electron chi connectivity index (χ2n) is 4.96. The van der Waals surface area contributed by atoms with Gasteiger partial charge in [0.1, 0.15) is 0 Å². The van der Waals surface area contributed by atoms with Crippen LogP contribution in [0.15, 0.2) is 40.9 Å². The van der Waals surface area contributed by atoms with E-state index in [0.29, 0.717) is 12.3 Å². The maximum atomic E-state index is 6.04. The number of halogens is 2. The molecule has 2 rings (SSSR count). The van der Waals surface area contributed by atoms with E-state index in [2.05, 4.69) is 34.2 Å². The first-order valence-electron chi connectivity index (χ1n) is 6.94. The maximum Gasteiger partial charge on any atom is 0.161 e. The molecule has 0 fully saturated rings. The zero-order valence-electron chi connectivity index (χ0n) is 12.8. The average Bonchev–Trinajstić information content (AvgIpc) is 2.53. The molecule has 2 aromatic carbocycles. The molecule has 1 atom stereocenters. The quantitative estimate of drug-likeness (QED) is 0.762. The van der Waals surface area contributed by atoms with Crippen molar-refractivity contribution < 1.29 is 9.47 Å². The van der Waals surface area contributed by atoms with E-state index in [4.69, 9.17) is 21.1 Å². The zero-order valence-corrected chi connectivity index (χ0v) is 15.2. The number of nitrogens with one attached hydrogen (secondary N) is 1. The Labute approximate surface area is 144 Å². The number of ether oxygens (including phenoxy) is 2. The molecule has 0 amide bonds. The number of hydrogen-bond donors (Lipinski definition) is 1. The summed E-state index contributed by atoms with van der Waals surface area (Å²) in [5.41, 5.74) is 2.26. The van der Waals surface area contributed by atoms with Crippen LogP contribution in [0.3, 0.4) is 0 Å². The Morgan fingerprint density at radius 3 is 2.45 bits per heavy atom. The molecule has 0 heterocycles. The second kappa shape index (κ2) is 7.86. The minimum absolute atomic E-state index is 0.193. The summed E-state index contributed by atoms with van der Waals surface area (Å²) in [4.78, 5) is 0. The summed E-state index contributed by atoms with van der Waals surface area (Å²) in [6.45, 7) is 2.81. The number of rotatable bonds is 6. The molecular weight excluding hydrogens is 366 g/mol. The van der Waals surface area contributed by atoms with Gasteiger partial charge in [-0.15, -0.1) is 0 Å². The maximum absolute atomic E-state index is 6.04. The van der Waals surface area contributed by atoms with Crippen molar-refractivity contribution in [1.29, 1.82) is 0 Å². The van der Waals surface area contributed by atoms with Gasteiger partial charge in [0.2, 0.25) is 0 Å². The molecule has 0 radical (unpaired) electrons. The van der Waals surface area contributed by atoms with Gasteiger partial charge in [0.05, 0.1) is 14.2 Å². The molecule has 0 aliphatic carbocycles. The Kier molecular flexibility index (Phi) is 6.12. The van der Waals surface area contributed by atoms with Crippen molar-refractivity contribution in [3.05, 3.63) is 57.0 Å². The first kappa shape index (κ1) is 17.1. The minimum Gasteiger partial charge on any atom is -0.493 e. The molecule has 2 aromatic rings. The van der Waals surface area contributed by atoms with Crippen LogP contribution in [0.4, 0.5) is 0 Å². The SMILES string of the molecule is COc1cc(Br)c(CNC(C)c2cccc(Cl)c2)cc1OC. The highest BCUT2D eigenvalue weighted by atomic mass is 79.9. The summed E-state index contributed by atoms with van der Waals surface area (Å²) in [6.07, 6.45) is 0. The van der Waals surface area contributed by atoms with Gasteiger partial charge in [-0.05, 0) is 42.3 Å². The Hall–Kier alpha value is -1.23. The van der Waals surface area contributed by atoms with Crippen LogP contribution in [0.25, 0.3) is 0 Å². The van der Waals surface area contributed by atoms with E-state index in [0.717, 1.165) is 26.4 Å². The minimum atomic E-state index is 0.193. The molecule has 118 valence electrons. The fraction of sp³-hybridized carbons (Fsp3) is 0.294. The van der Waals surface area contributed by atoms with Crippen molar-refractivity contribution in [2.75, 3.05) is 14.2 Å². The molecule has 0 saturated heterocycles. The lowest BCUT2D eigenvalue weighted by Crippen LogP contribution is -2.18. The van der Waals surface area contributed by atoms with Crippen LogP contribution in [0.5, 0.6) is 11.5 Å². The van der Waals surface area contributed by atoms with Gasteiger partial charge in [-0.2, -0.15) is 0 Å². The van der Waals surface area contributed by atoms with Crippen molar-refractivity contribution in [3.63, 3.8) is 0 Å². The molecule has 0 saturated carbocycles. The number of benzene rings is 2. The highest BCUT2D eigenvalue weighted by Gasteiger charge is 2.11. The summed E-state index contributed by atoms with van der Waals surface area (Å²) >= 11 is 9.61. The van der Waals surface area contributed by atoms with Crippen LogP contribution < -0.4 is 14.8 Å². The standard InChI is InChI=1S/C17H19BrClNO2/c1-11(12-5-4-6-14(19)7-12)20-10-13-8-16(21-2)17(22-3)9-15(13)18/h4-9,11,20H,10H2,1-3H3. The van der Waals surface area contributed by atoms with Gasteiger partial charge < -0.3 is 14.8 Å². The summed E-state index contributed by atoms with van der Waals surface area (Å²) in [5, 5.41) is 4.24. The highest BCUT2D eigenvalue weighted by Crippen LogP contribution is 2.33. The molecular formula is C17H19BrClNO2. The predicted octanol–water partition coefficient (Wildman–Crippen LogP) is 4.97. The van der Waals surface area contributed by atoms with E-state index in [1.807, 2.05) is 30.3 Å². The molecule has 0 aliphatic rings. The van der Waals surface area contributed by atoms with Gasteiger partial charge in [0.25, 0.3) is 0 Å². The van der Waals surface area contributed by atoms with Crippen molar-refractivity contribution in [2.24, 2.45) is 0 Å². The van der Waals surface area contributed by atoms with Gasteiger partial charge >= 0.3 is 0 Å². The molecule has 22 heavy (non-hydrogen) atoms.